The lowest BCUT2D eigenvalue weighted by atomic mass is 9.42. The van der Waals surface area contributed by atoms with Crippen LogP contribution in [0.25, 0.3) is 0 Å². The molecule has 0 aliphatic heterocycles. The molecule has 4 aliphatic rings. The van der Waals surface area contributed by atoms with Crippen molar-refractivity contribution >= 4 is 5.97 Å². The lowest BCUT2D eigenvalue weighted by Gasteiger charge is -2.63. The predicted molar refractivity (Wildman–Crippen MR) is 122 cm³/mol. The second-order valence-electron chi connectivity index (χ2n) is 12.3. The van der Waals surface area contributed by atoms with Gasteiger partial charge in [-0.3, -0.25) is 4.79 Å². The fourth-order valence-electron chi connectivity index (χ4n) is 9.15. The van der Waals surface area contributed by atoms with Crippen molar-refractivity contribution in [1.29, 1.82) is 0 Å². The summed E-state index contributed by atoms with van der Waals surface area (Å²) in [5.74, 6) is 3.20. The smallest absolute Gasteiger partial charge is 0.305 e. The average Bonchev–Trinajstić information content (AvgIpc) is 3.07. The van der Waals surface area contributed by atoms with Gasteiger partial charge in [-0.2, -0.15) is 0 Å². The summed E-state index contributed by atoms with van der Waals surface area (Å²) in [6.45, 7) is 11.7. The highest BCUT2D eigenvalue weighted by Crippen LogP contribution is 2.68. The molecule has 0 bridgehead atoms. The van der Waals surface area contributed by atoms with Gasteiger partial charge in [0.2, 0.25) is 0 Å². The van der Waals surface area contributed by atoms with Crippen molar-refractivity contribution in [2.75, 3.05) is 6.61 Å². The van der Waals surface area contributed by atoms with Crippen molar-refractivity contribution in [3.63, 3.8) is 0 Å². The third-order valence-electron chi connectivity index (χ3n) is 10.9. The molecule has 0 aromatic rings. The van der Waals surface area contributed by atoms with Crippen LogP contribution in [0.1, 0.15) is 92.4 Å². The van der Waals surface area contributed by atoms with Crippen LogP contribution in [-0.4, -0.2) is 35.0 Å². The lowest BCUT2D eigenvalue weighted by molar-refractivity contribution is -0.203. The average molecular weight is 435 g/mol. The molecule has 4 rings (SSSR count). The minimum Gasteiger partial charge on any atom is -0.466 e. The maximum absolute atomic E-state index is 11.9. The summed E-state index contributed by atoms with van der Waals surface area (Å²) in [4.78, 5) is 11.9. The highest BCUT2D eigenvalue weighted by Gasteiger charge is 2.65. The molecule has 1 unspecified atom stereocenters. The quantitative estimate of drug-likeness (QED) is 0.584. The predicted octanol–water partition coefficient (Wildman–Crippen LogP) is 5.20. The first-order chi connectivity index (χ1) is 14.6. The molecule has 178 valence electrons. The Balaban J connectivity index is 1.54. The number of esters is 1. The normalized spacial score (nSPS) is 50.2. The van der Waals surface area contributed by atoms with Gasteiger partial charge in [-0.25, -0.2) is 0 Å². The number of rotatable bonds is 5. The van der Waals surface area contributed by atoms with E-state index in [-0.39, 0.29) is 29.0 Å². The molecule has 4 fully saturated rings. The Hall–Kier alpha value is -0.610. The fourth-order valence-corrected chi connectivity index (χ4v) is 9.15. The van der Waals surface area contributed by atoms with Crippen LogP contribution in [0, 0.1) is 52.3 Å². The van der Waals surface area contributed by atoms with E-state index in [1.807, 2.05) is 6.92 Å². The number of aliphatic hydroxyl groups is 2. The minimum absolute atomic E-state index is 0.105. The van der Waals surface area contributed by atoms with Gasteiger partial charge in [-0.1, -0.05) is 34.1 Å². The molecule has 4 nitrogen and oxygen atoms in total. The largest absolute Gasteiger partial charge is 0.466 e. The molecule has 31 heavy (non-hydrogen) atoms. The van der Waals surface area contributed by atoms with Gasteiger partial charge in [-0.05, 0) is 104 Å². The Morgan fingerprint density at radius 2 is 1.84 bits per heavy atom. The summed E-state index contributed by atoms with van der Waals surface area (Å²) < 4.78 is 5.14. The molecular weight excluding hydrogens is 388 g/mol. The molecule has 4 saturated carbocycles. The summed E-state index contributed by atoms with van der Waals surface area (Å²) in [5.41, 5.74) is 0.119. The summed E-state index contributed by atoms with van der Waals surface area (Å²) in [6.07, 6.45) is 8.55. The van der Waals surface area contributed by atoms with E-state index in [2.05, 4.69) is 27.7 Å². The van der Waals surface area contributed by atoms with Crippen molar-refractivity contribution in [2.45, 2.75) is 105 Å². The Labute approximate surface area is 189 Å². The minimum atomic E-state index is -0.307. The lowest BCUT2D eigenvalue weighted by Crippen LogP contribution is -2.62. The van der Waals surface area contributed by atoms with Crippen LogP contribution in [0.15, 0.2) is 0 Å². The first-order valence-corrected chi connectivity index (χ1v) is 13.1. The van der Waals surface area contributed by atoms with Crippen LogP contribution in [0.2, 0.25) is 0 Å². The second kappa shape index (κ2) is 8.63. The molecular formula is C27H46O4. The van der Waals surface area contributed by atoms with E-state index in [1.165, 1.54) is 19.3 Å². The standard InChI is InChI=1S/C27H46O4/c1-6-31-24(30)10-7-17(3)19-8-9-20-25-21(15-23(29)27(19,20)5)26(4)12-11-16(2)13-18(26)14-22(25)28/h16-23,25,28-29H,6-15H2,1-5H3/t16-,17-,18+,19?,20+,21+,22-,23+,25+,26+,27-/m1/s1. The molecule has 11 atom stereocenters. The van der Waals surface area contributed by atoms with Gasteiger partial charge in [0.25, 0.3) is 0 Å². The molecule has 0 spiro atoms. The van der Waals surface area contributed by atoms with Gasteiger partial charge < -0.3 is 14.9 Å². The van der Waals surface area contributed by atoms with Crippen molar-refractivity contribution in [3.8, 4) is 0 Å². The van der Waals surface area contributed by atoms with Crippen LogP contribution in [-0.2, 0) is 9.53 Å². The molecule has 2 N–H and O–H groups in total. The molecule has 0 amide bonds. The Bertz CT molecular complexity index is 664. The van der Waals surface area contributed by atoms with E-state index < -0.39 is 0 Å². The van der Waals surface area contributed by atoms with E-state index >= 15 is 0 Å². The van der Waals surface area contributed by atoms with Crippen LogP contribution in [0.5, 0.6) is 0 Å². The van der Waals surface area contributed by atoms with Gasteiger partial charge in [0.1, 0.15) is 0 Å². The van der Waals surface area contributed by atoms with E-state index in [9.17, 15) is 15.0 Å². The van der Waals surface area contributed by atoms with Gasteiger partial charge >= 0.3 is 5.97 Å². The number of hydrogen-bond acceptors (Lipinski definition) is 4. The number of aliphatic hydroxyl groups excluding tert-OH is 2. The van der Waals surface area contributed by atoms with Crippen molar-refractivity contribution < 1.29 is 19.7 Å². The second-order valence-corrected chi connectivity index (χ2v) is 12.3. The SMILES string of the molecule is CCOC(=O)CC[C@@H](C)C1CC[C@H]2[C@@H]3[C@H](O)C[C@@H]4C[C@H](C)CC[C@]4(C)[C@H]3C[C@H](O)[C@]12C. The van der Waals surface area contributed by atoms with Gasteiger partial charge in [-0.15, -0.1) is 0 Å². The zero-order valence-electron chi connectivity index (χ0n) is 20.5. The van der Waals surface area contributed by atoms with Crippen LogP contribution in [0.4, 0.5) is 0 Å². The van der Waals surface area contributed by atoms with E-state index in [4.69, 9.17) is 4.74 Å². The summed E-state index contributed by atoms with van der Waals surface area (Å²) >= 11 is 0. The van der Waals surface area contributed by atoms with Gasteiger partial charge in [0, 0.05) is 6.42 Å². The third kappa shape index (κ3) is 3.78. The summed E-state index contributed by atoms with van der Waals surface area (Å²) in [5, 5.41) is 23.0. The van der Waals surface area contributed by atoms with Gasteiger partial charge in [0.05, 0.1) is 18.8 Å². The highest BCUT2D eigenvalue weighted by molar-refractivity contribution is 5.69. The molecule has 0 radical (unpaired) electrons. The number of fused-ring (bicyclic) bond motifs is 5. The maximum Gasteiger partial charge on any atom is 0.305 e. The molecule has 0 heterocycles. The fraction of sp³-hybridized carbons (Fsp3) is 0.963. The molecule has 0 saturated heterocycles. The van der Waals surface area contributed by atoms with Crippen LogP contribution >= 0.6 is 0 Å². The van der Waals surface area contributed by atoms with Crippen LogP contribution in [0.3, 0.4) is 0 Å². The molecule has 0 aromatic heterocycles. The summed E-state index contributed by atoms with van der Waals surface area (Å²) in [6, 6.07) is 0. The summed E-state index contributed by atoms with van der Waals surface area (Å²) in [7, 11) is 0. The zero-order valence-corrected chi connectivity index (χ0v) is 20.5. The Morgan fingerprint density at radius 1 is 1.10 bits per heavy atom. The van der Waals surface area contributed by atoms with Crippen molar-refractivity contribution in [3.05, 3.63) is 0 Å². The molecule has 4 heteroatoms. The van der Waals surface area contributed by atoms with Gasteiger partial charge in [0.15, 0.2) is 0 Å². The first-order valence-electron chi connectivity index (χ1n) is 13.1. The highest BCUT2D eigenvalue weighted by atomic mass is 16.5. The Kier molecular flexibility index (Phi) is 6.55. The molecule has 0 aromatic carbocycles. The third-order valence-corrected chi connectivity index (χ3v) is 10.9. The maximum atomic E-state index is 11.9. The van der Waals surface area contributed by atoms with E-state index in [0.717, 1.165) is 38.0 Å². The van der Waals surface area contributed by atoms with E-state index in [1.54, 1.807) is 0 Å². The zero-order chi connectivity index (χ0) is 22.6. The van der Waals surface area contributed by atoms with E-state index in [0.29, 0.717) is 48.5 Å². The Morgan fingerprint density at radius 3 is 2.55 bits per heavy atom. The monoisotopic (exact) mass is 434 g/mol. The number of ether oxygens (including phenoxy) is 1. The number of hydrogen-bond donors (Lipinski definition) is 2. The van der Waals surface area contributed by atoms with Crippen LogP contribution < -0.4 is 0 Å². The van der Waals surface area contributed by atoms with Crippen molar-refractivity contribution in [2.24, 2.45) is 52.3 Å². The number of carbonyl (C=O) groups is 1. The molecule has 4 aliphatic carbocycles. The topological polar surface area (TPSA) is 66.8 Å². The van der Waals surface area contributed by atoms with Crippen molar-refractivity contribution in [1.82, 2.24) is 0 Å². The number of carbonyl (C=O) groups excluding carboxylic acids is 1. The first kappa shape index (κ1) is 23.5.